The fraction of sp³-hybridized carbons (Fsp3) is 0.167. The summed E-state index contributed by atoms with van der Waals surface area (Å²) in [5.41, 5.74) is -1.07. The topological polar surface area (TPSA) is 96.3 Å². The van der Waals surface area contributed by atoms with Crippen LogP contribution in [0.2, 0.25) is 0 Å². The zero-order valence-electron chi connectivity index (χ0n) is 14.6. The van der Waals surface area contributed by atoms with Crippen molar-refractivity contribution in [1.82, 2.24) is 9.97 Å². The highest BCUT2D eigenvalue weighted by Crippen LogP contribution is 2.28. The summed E-state index contributed by atoms with van der Waals surface area (Å²) in [4.78, 5) is 22.7. The Morgan fingerprint density at radius 2 is 2.11 bits per heavy atom. The summed E-state index contributed by atoms with van der Waals surface area (Å²) in [6.45, 7) is 8.67. The number of aromatic amines is 1. The van der Waals surface area contributed by atoms with Crippen molar-refractivity contribution in [1.29, 1.82) is 0 Å². The highest BCUT2D eigenvalue weighted by molar-refractivity contribution is 7.92. The van der Waals surface area contributed by atoms with Gasteiger partial charge in [-0.15, -0.1) is 0 Å². The largest absolute Gasteiger partial charge is 0.345 e. The van der Waals surface area contributed by atoms with Crippen molar-refractivity contribution in [2.75, 3.05) is 10.5 Å². The van der Waals surface area contributed by atoms with Crippen LogP contribution in [-0.4, -0.2) is 29.9 Å². The van der Waals surface area contributed by atoms with Gasteiger partial charge in [0.15, 0.2) is 5.82 Å². The lowest BCUT2D eigenvalue weighted by atomic mass is 10.0. The number of fused-ring (bicyclic) bond motifs is 1. The first-order chi connectivity index (χ1) is 13.3. The van der Waals surface area contributed by atoms with Gasteiger partial charge in [0, 0.05) is 23.3 Å². The van der Waals surface area contributed by atoms with Crippen LogP contribution >= 0.6 is 0 Å². The summed E-state index contributed by atoms with van der Waals surface area (Å²) in [5, 5.41) is 0.231. The number of hydrogen-bond donors (Lipinski definition) is 2. The maximum absolute atomic E-state index is 14.8. The van der Waals surface area contributed by atoms with Gasteiger partial charge >= 0.3 is 0 Å². The minimum absolute atomic E-state index is 0.0839. The Hall–Kier alpha value is -3.32. The van der Waals surface area contributed by atoms with Crippen LogP contribution in [0, 0.1) is 18.2 Å². The lowest BCUT2D eigenvalue weighted by Crippen LogP contribution is -2.18. The molecule has 1 aromatic carbocycles. The number of H-pyrrole nitrogens is 1. The number of aromatic nitrogens is 2. The molecule has 0 amide bonds. The van der Waals surface area contributed by atoms with Gasteiger partial charge in [-0.25, -0.2) is 22.0 Å². The molecule has 0 unspecified atom stereocenters. The number of nitrogens with one attached hydrogen (secondary N) is 2. The summed E-state index contributed by atoms with van der Waals surface area (Å²) in [7, 11) is -3.83. The van der Waals surface area contributed by atoms with Gasteiger partial charge < -0.3 is 4.98 Å². The molecule has 2 aromatic heterocycles. The molecule has 0 atom stereocenters. The molecular formula is C18H14F2N4O3S. The number of sulfonamides is 1. The second-order valence-electron chi connectivity index (χ2n) is 5.94. The van der Waals surface area contributed by atoms with Gasteiger partial charge in [-0.2, -0.15) is 0 Å². The van der Waals surface area contributed by atoms with E-state index >= 15 is 0 Å². The van der Waals surface area contributed by atoms with Crippen molar-refractivity contribution in [3.63, 3.8) is 0 Å². The molecule has 7 nitrogen and oxygen atoms in total. The molecule has 0 aliphatic rings. The maximum atomic E-state index is 14.8. The first-order valence-electron chi connectivity index (χ1n) is 8.15. The number of carbonyl (C=O) groups excluding carboxylic acids is 1. The third kappa shape index (κ3) is 3.57. The van der Waals surface area contributed by atoms with Gasteiger partial charge in [0.25, 0.3) is 0 Å². The van der Waals surface area contributed by atoms with E-state index in [1.807, 2.05) is 4.72 Å². The van der Waals surface area contributed by atoms with Gasteiger partial charge in [0.05, 0.1) is 23.6 Å². The Bertz CT molecular complexity index is 1230. The maximum Gasteiger partial charge on any atom is 0.232 e. The number of carbonyl (C=O) groups is 1. The smallest absolute Gasteiger partial charge is 0.232 e. The van der Waals surface area contributed by atoms with E-state index in [2.05, 4.69) is 14.8 Å². The molecule has 2 N–H and O–H groups in total. The van der Waals surface area contributed by atoms with Crippen LogP contribution < -0.4 is 4.72 Å². The van der Waals surface area contributed by atoms with Crippen molar-refractivity contribution in [3.05, 3.63) is 64.8 Å². The molecule has 28 heavy (non-hydrogen) atoms. The summed E-state index contributed by atoms with van der Waals surface area (Å²) in [6, 6.07) is 3.11. The quantitative estimate of drug-likeness (QED) is 0.483. The number of benzene rings is 1. The number of hydrogen-bond acceptors (Lipinski definition) is 4. The van der Waals surface area contributed by atoms with Gasteiger partial charge in [-0.05, 0) is 24.6 Å². The zero-order chi connectivity index (χ0) is 20.5. The Morgan fingerprint density at radius 3 is 2.79 bits per heavy atom. The van der Waals surface area contributed by atoms with Crippen molar-refractivity contribution in [3.8, 4) is 0 Å². The molecule has 2 heterocycles. The van der Waals surface area contributed by atoms with Crippen molar-refractivity contribution in [2.45, 2.75) is 13.3 Å². The van der Waals surface area contributed by atoms with Gasteiger partial charge in [0.2, 0.25) is 21.5 Å². The lowest BCUT2D eigenvalue weighted by molar-refractivity contribution is 0.103. The minimum atomic E-state index is -3.83. The van der Waals surface area contributed by atoms with E-state index < -0.39 is 38.7 Å². The number of ketones is 1. The highest BCUT2D eigenvalue weighted by atomic mass is 32.2. The number of halogens is 2. The molecule has 0 saturated carbocycles. The van der Waals surface area contributed by atoms with E-state index in [1.54, 1.807) is 6.92 Å². The number of nitrogens with zero attached hydrogens (tertiary/aromatic N) is 2. The lowest BCUT2D eigenvalue weighted by Gasteiger charge is -2.11. The molecule has 0 radical (unpaired) electrons. The number of rotatable bonds is 6. The number of pyridine rings is 1. The zero-order valence-corrected chi connectivity index (χ0v) is 15.4. The second kappa shape index (κ2) is 7.36. The first-order valence-corrected chi connectivity index (χ1v) is 9.80. The Kier molecular flexibility index (Phi) is 5.11. The predicted octanol–water partition coefficient (Wildman–Crippen LogP) is 3.77. The van der Waals surface area contributed by atoms with Crippen LogP contribution in [0.1, 0.15) is 29.3 Å². The SMILES string of the molecule is [C-]#[N+]c1cnc2[nH]cc(C(=O)c3c(F)ccc(NS(=O)(=O)CCC)c3F)c2c1. The van der Waals surface area contributed by atoms with E-state index in [0.717, 1.165) is 12.1 Å². The van der Waals surface area contributed by atoms with Gasteiger partial charge in [0.1, 0.15) is 11.5 Å². The van der Waals surface area contributed by atoms with Gasteiger partial charge in [-0.3, -0.25) is 14.5 Å². The third-order valence-electron chi connectivity index (χ3n) is 3.95. The molecule has 0 aliphatic heterocycles. The van der Waals surface area contributed by atoms with Crippen LogP contribution in [-0.2, 0) is 10.0 Å². The Morgan fingerprint density at radius 1 is 1.36 bits per heavy atom. The van der Waals surface area contributed by atoms with Crippen LogP contribution in [0.5, 0.6) is 0 Å². The average molecular weight is 404 g/mol. The van der Waals surface area contributed by atoms with Crippen molar-refractivity contribution in [2.24, 2.45) is 0 Å². The standard InChI is InChI=1S/C18H14F2N4O3S/c1-3-6-28(26,27)24-14-5-4-13(19)15(16(14)20)17(25)12-9-23-18-11(12)7-10(21-2)8-22-18/h4-5,7-9,24H,3,6H2,1H3,(H,22,23). The Balaban J connectivity index is 2.10. The van der Waals surface area contributed by atoms with Crippen LogP contribution in [0.3, 0.4) is 0 Å². The minimum Gasteiger partial charge on any atom is -0.345 e. The highest BCUT2D eigenvalue weighted by Gasteiger charge is 2.25. The normalized spacial score (nSPS) is 11.4. The van der Waals surface area contributed by atoms with E-state index in [4.69, 9.17) is 6.57 Å². The predicted molar refractivity (Wildman–Crippen MR) is 99.8 cm³/mol. The average Bonchev–Trinajstić information content (AvgIpc) is 3.07. The summed E-state index contributed by atoms with van der Waals surface area (Å²) >= 11 is 0. The molecule has 0 aliphatic carbocycles. The molecule has 0 fully saturated rings. The van der Waals surface area contributed by atoms with E-state index in [1.165, 1.54) is 18.5 Å². The molecular weight excluding hydrogens is 390 g/mol. The van der Waals surface area contributed by atoms with Gasteiger partial charge in [-0.1, -0.05) is 6.92 Å². The van der Waals surface area contributed by atoms with Crippen LogP contribution in [0.15, 0.2) is 30.6 Å². The van der Waals surface area contributed by atoms with Crippen molar-refractivity contribution >= 4 is 38.2 Å². The monoisotopic (exact) mass is 404 g/mol. The fourth-order valence-electron chi connectivity index (χ4n) is 2.70. The molecule has 0 saturated heterocycles. The third-order valence-corrected chi connectivity index (χ3v) is 5.42. The second-order valence-corrected chi connectivity index (χ2v) is 7.78. The summed E-state index contributed by atoms with van der Waals surface area (Å²) in [6.07, 6.45) is 2.83. The number of anilines is 1. The molecule has 10 heteroatoms. The fourth-order valence-corrected chi connectivity index (χ4v) is 3.83. The molecule has 3 rings (SSSR count). The summed E-state index contributed by atoms with van der Waals surface area (Å²) < 4.78 is 54.9. The molecule has 3 aromatic rings. The summed E-state index contributed by atoms with van der Waals surface area (Å²) in [5.74, 6) is -3.69. The van der Waals surface area contributed by atoms with E-state index in [-0.39, 0.29) is 28.0 Å². The van der Waals surface area contributed by atoms with E-state index in [0.29, 0.717) is 6.42 Å². The molecule has 0 spiro atoms. The van der Waals surface area contributed by atoms with Crippen LogP contribution in [0.25, 0.3) is 15.9 Å². The first kappa shape index (κ1) is 19.4. The molecule has 144 valence electrons. The Labute approximate surface area is 159 Å². The van der Waals surface area contributed by atoms with Crippen LogP contribution in [0.4, 0.5) is 20.2 Å². The molecule has 0 bridgehead atoms. The van der Waals surface area contributed by atoms with E-state index in [9.17, 15) is 22.0 Å². The van der Waals surface area contributed by atoms with Crippen molar-refractivity contribution < 1.29 is 22.0 Å².